The monoisotopic (exact) mass is 384 g/mol. The molecule has 4 rings (SSSR count). The first-order chi connectivity index (χ1) is 12.9. The Balaban J connectivity index is 1.70. The smallest absolute Gasteiger partial charge is 0.258 e. The normalized spacial score (nSPS) is 21.2. The van der Waals surface area contributed by atoms with Crippen LogP contribution in [0.5, 0.6) is 0 Å². The van der Waals surface area contributed by atoms with Gasteiger partial charge in [0.25, 0.3) is 5.91 Å². The first kappa shape index (κ1) is 17.7. The molecule has 27 heavy (non-hydrogen) atoms. The predicted octanol–water partition coefficient (Wildman–Crippen LogP) is 2.59. The maximum Gasteiger partial charge on any atom is 0.258 e. The Morgan fingerprint density at radius 2 is 1.89 bits per heavy atom. The van der Waals surface area contributed by atoms with E-state index in [1.807, 2.05) is 24.3 Å². The zero-order valence-electron chi connectivity index (χ0n) is 15.0. The molecular weight excluding hydrogens is 364 g/mol. The Bertz CT molecular complexity index is 1030. The van der Waals surface area contributed by atoms with Crippen molar-refractivity contribution in [2.24, 2.45) is 5.92 Å². The SMILES string of the molecule is C[C@@H]1CS(=O)(=O)N(c2cccc(C(=O)N3CCCc4ccccc43)c2)C1=O. The second kappa shape index (κ2) is 6.49. The third-order valence-electron chi connectivity index (χ3n) is 5.04. The van der Waals surface area contributed by atoms with Crippen LogP contribution in [0.3, 0.4) is 0 Å². The lowest BCUT2D eigenvalue weighted by atomic mass is 10.0. The molecule has 2 aromatic rings. The molecule has 0 aromatic heterocycles. The number of sulfonamides is 1. The molecule has 0 spiro atoms. The number of rotatable bonds is 2. The number of carbonyl (C=O) groups excluding carboxylic acids is 2. The Hall–Kier alpha value is -2.67. The molecule has 0 radical (unpaired) electrons. The highest BCUT2D eigenvalue weighted by atomic mass is 32.2. The van der Waals surface area contributed by atoms with Crippen LogP contribution in [0.4, 0.5) is 11.4 Å². The highest BCUT2D eigenvalue weighted by Crippen LogP contribution is 2.31. The fraction of sp³-hybridized carbons (Fsp3) is 0.300. The van der Waals surface area contributed by atoms with Crippen molar-refractivity contribution in [1.82, 2.24) is 0 Å². The van der Waals surface area contributed by atoms with Gasteiger partial charge in [0.1, 0.15) is 0 Å². The summed E-state index contributed by atoms with van der Waals surface area (Å²) >= 11 is 0. The summed E-state index contributed by atoms with van der Waals surface area (Å²) in [5, 5.41) is 0. The summed E-state index contributed by atoms with van der Waals surface area (Å²) in [6, 6.07) is 14.1. The molecule has 0 N–H and O–H groups in total. The highest BCUT2D eigenvalue weighted by Gasteiger charge is 2.42. The molecule has 2 aromatic carbocycles. The van der Waals surface area contributed by atoms with Crippen molar-refractivity contribution in [3.8, 4) is 0 Å². The van der Waals surface area contributed by atoms with E-state index in [1.54, 1.807) is 30.0 Å². The van der Waals surface area contributed by atoms with Gasteiger partial charge in [0.05, 0.1) is 17.4 Å². The molecule has 6 nitrogen and oxygen atoms in total. The molecule has 1 atom stereocenters. The molecule has 140 valence electrons. The largest absolute Gasteiger partial charge is 0.308 e. The fourth-order valence-electron chi connectivity index (χ4n) is 3.75. The van der Waals surface area contributed by atoms with Crippen LogP contribution >= 0.6 is 0 Å². The van der Waals surface area contributed by atoms with Crippen molar-refractivity contribution >= 4 is 33.2 Å². The number of para-hydroxylation sites is 1. The van der Waals surface area contributed by atoms with E-state index in [4.69, 9.17) is 0 Å². The molecular formula is C20H20N2O4S. The summed E-state index contributed by atoms with van der Waals surface area (Å²) in [7, 11) is -3.70. The maximum atomic E-state index is 13.1. The van der Waals surface area contributed by atoms with Gasteiger partial charge in [-0.15, -0.1) is 0 Å². The van der Waals surface area contributed by atoms with Crippen LogP contribution in [-0.4, -0.2) is 32.5 Å². The average molecular weight is 384 g/mol. The first-order valence-corrected chi connectivity index (χ1v) is 10.6. The van der Waals surface area contributed by atoms with Crippen molar-refractivity contribution in [2.75, 3.05) is 21.5 Å². The van der Waals surface area contributed by atoms with Crippen molar-refractivity contribution in [2.45, 2.75) is 19.8 Å². The van der Waals surface area contributed by atoms with E-state index in [1.165, 1.54) is 6.07 Å². The van der Waals surface area contributed by atoms with Crippen molar-refractivity contribution < 1.29 is 18.0 Å². The van der Waals surface area contributed by atoms with Gasteiger partial charge in [0.2, 0.25) is 15.9 Å². The lowest BCUT2D eigenvalue weighted by Gasteiger charge is -2.29. The molecule has 0 bridgehead atoms. The molecule has 1 fully saturated rings. The Kier molecular flexibility index (Phi) is 4.26. The lowest BCUT2D eigenvalue weighted by Crippen LogP contribution is -2.36. The molecule has 0 saturated carbocycles. The molecule has 2 heterocycles. The molecule has 1 saturated heterocycles. The number of anilines is 2. The third kappa shape index (κ3) is 3.02. The Morgan fingerprint density at radius 1 is 1.11 bits per heavy atom. The van der Waals surface area contributed by atoms with E-state index in [0.717, 1.165) is 28.4 Å². The van der Waals surface area contributed by atoms with E-state index < -0.39 is 21.8 Å². The number of hydrogen-bond acceptors (Lipinski definition) is 4. The summed E-state index contributed by atoms with van der Waals surface area (Å²) in [6.07, 6.45) is 1.80. The third-order valence-corrected chi connectivity index (χ3v) is 6.91. The standard InChI is InChI=1S/C20H20N2O4S/c1-14-13-27(25,26)22(19(14)23)17-9-4-7-16(12-17)20(24)21-11-5-8-15-6-2-3-10-18(15)21/h2-4,6-7,9-10,12,14H,5,8,11,13H2,1H3/t14-/m1/s1. The summed E-state index contributed by atoms with van der Waals surface area (Å²) < 4.78 is 25.5. The molecule has 2 aliphatic rings. The fourth-order valence-corrected chi connectivity index (χ4v) is 5.56. The second-order valence-corrected chi connectivity index (χ2v) is 8.88. The number of amides is 2. The maximum absolute atomic E-state index is 13.1. The van der Waals surface area contributed by atoms with Gasteiger partial charge in [0.15, 0.2) is 0 Å². The zero-order chi connectivity index (χ0) is 19.2. The summed E-state index contributed by atoms with van der Waals surface area (Å²) in [4.78, 5) is 27.2. The molecule has 0 aliphatic carbocycles. The summed E-state index contributed by atoms with van der Waals surface area (Å²) in [5.74, 6) is -1.43. The van der Waals surface area contributed by atoms with Gasteiger partial charge >= 0.3 is 0 Å². The van der Waals surface area contributed by atoms with E-state index in [0.29, 0.717) is 12.1 Å². The summed E-state index contributed by atoms with van der Waals surface area (Å²) in [5.41, 5.74) is 2.60. The number of aryl methyl sites for hydroxylation is 1. The second-order valence-electron chi connectivity index (χ2n) is 7.02. The van der Waals surface area contributed by atoms with Crippen LogP contribution in [-0.2, 0) is 21.2 Å². The van der Waals surface area contributed by atoms with Crippen LogP contribution in [0.25, 0.3) is 0 Å². The zero-order valence-corrected chi connectivity index (χ0v) is 15.8. The number of benzene rings is 2. The summed E-state index contributed by atoms with van der Waals surface area (Å²) in [6.45, 7) is 2.21. The first-order valence-electron chi connectivity index (χ1n) is 8.95. The van der Waals surface area contributed by atoms with Gasteiger partial charge in [-0.2, -0.15) is 0 Å². The molecule has 2 aliphatic heterocycles. The minimum absolute atomic E-state index is 0.193. The van der Waals surface area contributed by atoms with E-state index in [9.17, 15) is 18.0 Å². The Morgan fingerprint density at radius 3 is 2.63 bits per heavy atom. The molecule has 2 amide bonds. The number of hydrogen-bond donors (Lipinski definition) is 0. The van der Waals surface area contributed by atoms with Gasteiger partial charge in [-0.3, -0.25) is 9.59 Å². The van der Waals surface area contributed by atoms with Gasteiger partial charge in [-0.05, 0) is 42.7 Å². The van der Waals surface area contributed by atoms with E-state index in [-0.39, 0.29) is 17.3 Å². The average Bonchev–Trinajstić information content (AvgIpc) is 2.87. The minimum atomic E-state index is -3.70. The van der Waals surface area contributed by atoms with Gasteiger partial charge in [-0.1, -0.05) is 31.2 Å². The van der Waals surface area contributed by atoms with Gasteiger partial charge < -0.3 is 4.90 Å². The van der Waals surface area contributed by atoms with Crippen LogP contribution in [0.1, 0.15) is 29.3 Å². The number of carbonyl (C=O) groups is 2. The van der Waals surface area contributed by atoms with Crippen LogP contribution < -0.4 is 9.21 Å². The van der Waals surface area contributed by atoms with Crippen LogP contribution in [0.2, 0.25) is 0 Å². The van der Waals surface area contributed by atoms with Gasteiger partial charge in [-0.25, -0.2) is 12.7 Å². The van der Waals surface area contributed by atoms with Crippen molar-refractivity contribution in [3.63, 3.8) is 0 Å². The van der Waals surface area contributed by atoms with Crippen LogP contribution in [0.15, 0.2) is 48.5 Å². The minimum Gasteiger partial charge on any atom is -0.308 e. The predicted molar refractivity (Wildman–Crippen MR) is 103 cm³/mol. The number of fused-ring (bicyclic) bond motifs is 1. The van der Waals surface area contributed by atoms with Crippen molar-refractivity contribution in [1.29, 1.82) is 0 Å². The van der Waals surface area contributed by atoms with E-state index >= 15 is 0 Å². The topological polar surface area (TPSA) is 74.8 Å². The van der Waals surface area contributed by atoms with Gasteiger partial charge in [0, 0.05) is 17.8 Å². The van der Waals surface area contributed by atoms with E-state index in [2.05, 4.69) is 0 Å². The lowest BCUT2D eigenvalue weighted by molar-refractivity contribution is -0.119. The van der Waals surface area contributed by atoms with Crippen LogP contribution in [0, 0.1) is 5.92 Å². The molecule has 7 heteroatoms. The number of nitrogens with zero attached hydrogens (tertiary/aromatic N) is 2. The highest BCUT2D eigenvalue weighted by molar-refractivity contribution is 7.94. The quantitative estimate of drug-likeness (QED) is 0.798. The van der Waals surface area contributed by atoms with Crippen molar-refractivity contribution in [3.05, 3.63) is 59.7 Å². The Labute approximate surface area is 158 Å². The molecule has 0 unspecified atom stereocenters.